The molecule has 1 aromatic carbocycles. The first-order valence-corrected chi connectivity index (χ1v) is 7.99. The molecule has 0 fully saturated rings. The molecule has 1 atom stereocenters. The van der Waals surface area contributed by atoms with E-state index >= 15 is 0 Å². The molecule has 138 valence electrons. The Morgan fingerprint density at radius 1 is 1.15 bits per heavy atom. The molecule has 0 spiro atoms. The molecule has 2 aromatic heterocycles. The summed E-state index contributed by atoms with van der Waals surface area (Å²) in [6.07, 6.45) is 0. The summed E-state index contributed by atoms with van der Waals surface area (Å²) in [6, 6.07) is 11.7. The van der Waals surface area contributed by atoms with Gasteiger partial charge in [-0.1, -0.05) is 12.1 Å². The van der Waals surface area contributed by atoms with Gasteiger partial charge in [-0.05, 0) is 45.3 Å². The van der Waals surface area contributed by atoms with Crippen molar-refractivity contribution < 1.29 is 13.6 Å². The molecule has 1 unspecified atom stereocenters. The van der Waals surface area contributed by atoms with Gasteiger partial charge in [0.2, 0.25) is 0 Å². The van der Waals surface area contributed by atoms with Crippen LogP contribution in [0.1, 0.15) is 28.1 Å². The highest BCUT2D eigenvalue weighted by Crippen LogP contribution is 2.20. The number of carbonyl (C=O) groups is 1. The second-order valence-corrected chi connectivity index (χ2v) is 6.11. The second-order valence-electron chi connectivity index (χ2n) is 6.11. The number of likely N-dealkylation sites (N-methyl/N-ethyl adjacent to an activating group) is 1. The first kappa shape index (κ1) is 19.8. The van der Waals surface area contributed by atoms with Crippen molar-refractivity contribution >= 4 is 29.3 Å². The van der Waals surface area contributed by atoms with Crippen molar-refractivity contribution in [3.8, 4) is 0 Å². The monoisotopic (exact) mass is 376 g/mol. The zero-order valence-corrected chi connectivity index (χ0v) is 15.6. The van der Waals surface area contributed by atoms with Crippen LogP contribution in [-0.2, 0) is 0 Å². The summed E-state index contributed by atoms with van der Waals surface area (Å²) in [4.78, 5) is 26.5. The van der Waals surface area contributed by atoms with Crippen LogP contribution in [-0.4, -0.2) is 31.4 Å². The predicted molar refractivity (Wildman–Crippen MR) is 102 cm³/mol. The lowest BCUT2D eigenvalue weighted by atomic mass is 10.2. The molecule has 0 aliphatic heterocycles. The number of para-hydroxylation sites is 1. The third kappa shape index (κ3) is 4.15. The number of fused-ring (bicyclic) bond motifs is 1. The van der Waals surface area contributed by atoms with Crippen LogP contribution < -0.4 is 10.7 Å². The smallest absolute Gasteiger partial charge is 0.287 e. The Bertz CT molecular complexity index is 961. The fourth-order valence-electron chi connectivity index (χ4n) is 2.66. The Labute approximate surface area is 157 Å². The van der Waals surface area contributed by atoms with Gasteiger partial charge in [-0.2, -0.15) is 0 Å². The van der Waals surface area contributed by atoms with Crippen molar-refractivity contribution in [3.05, 3.63) is 70.0 Å². The second kappa shape index (κ2) is 8.21. The molecule has 0 saturated heterocycles. The number of amides is 1. The maximum atomic E-state index is 12.4. The summed E-state index contributed by atoms with van der Waals surface area (Å²) in [5, 5.41) is 3.26. The van der Waals surface area contributed by atoms with Gasteiger partial charge in [-0.25, -0.2) is 0 Å². The molecule has 0 radical (unpaired) electrons. The van der Waals surface area contributed by atoms with Crippen molar-refractivity contribution in [1.82, 2.24) is 10.2 Å². The lowest BCUT2D eigenvalue weighted by molar-refractivity contribution is 0.0911. The number of rotatable bonds is 5. The average molecular weight is 377 g/mol. The van der Waals surface area contributed by atoms with Crippen LogP contribution in [0, 0.1) is 6.92 Å². The van der Waals surface area contributed by atoms with Gasteiger partial charge in [0.15, 0.2) is 11.2 Å². The Kier molecular flexibility index (Phi) is 6.23. The van der Waals surface area contributed by atoms with Gasteiger partial charge in [-0.3, -0.25) is 14.5 Å². The molecule has 7 heteroatoms. The van der Waals surface area contributed by atoms with Crippen LogP contribution in [0.25, 0.3) is 11.0 Å². The van der Waals surface area contributed by atoms with Gasteiger partial charge >= 0.3 is 0 Å². The molecule has 0 aliphatic carbocycles. The van der Waals surface area contributed by atoms with E-state index in [1.54, 1.807) is 24.3 Å². The van der Waals surface area contributed by atoms with Gasteiger partial charge in [0, 0.05) is 12.6 Å². The molecule has 6 nitrogen and oxygen atoms in total. The van der Waals surface area contributed by atoms with E-state index in [0.717, 1.165) is 11.5 Å². The van der Waals surface area contributed by atoms with Gasteiger partial charge in [0.05, 0.1) is 11.4 Å². The quantitative estimate of drug-likeness (QED) is 0.740. The molecule has 1 amide bonds. The number of nitrogens with zero attached hydrogens (tertiary/aromatic N) is 1. The zero-order valence-electron chi connectivity index (χ0n) is 14.8. The predicted octanol–water partition coefficient (Wildman–Crippen LogP) is 3.15. The summed E-state index contributed by atoms with van der Waals surface area (Å²) >= 11 is 0. The Morgan fingerprint density at radius 2 is 1.88 bits per heavy atom. The highest BCUT2D eigenvalue weighted by atomic mass is 35.5. The topological polar surface area (TPSA) is 75.7 Å². The van der Waals surface area contributed by atoms with E-state index in [1.165, 1.54) is 6.07 Å². The summed E-state index contributed by atoms with van der Waals surface area (Å²) in [7, 11) is 3.82. The molecule has 26 heavy (non-hydrogen) atoms. The lowest BCUT2D eigenvalue weighted by Gasteiger charge is -2.22. The van der Waals surface area contributed by atoms with E-state index in [2.05, 4.69) is 5.32 Å². The summed E-state index contributed by atoms with van der Waals surface area (Å²) in [5.74, 6) is 1.14. The Morgan fingerprint density at radius 3 is 2.54 bits per heavy atom. The minimum Gasteiger partial charge on any atom is -0.465 e. The van der Waals surface area contributed by atoms with Crippen molar-refractivity contribution in [2.75, 3.05) is 20.6 Å². The number of hydrogen-bond acceptors (Lipinski definition) is 5. The van der Waals surface area contributed by atoms with Gasteiger partial charge in [0.25, 0.3) is 5.91 Å². The first-order valence-electron chi connectivity index (χ1n) is 7.99. The maximum Gasteiger partial charge on any atom is 0.287 e. The highest BCUT2D eigenvalue weighted by molar-refractivity contribution is 5.93. The normalized spacial score (nSPS) is 12.0. The van der Waals surface area contributed by atoms with Crippen LogP contribution in [0.5, 0.6) is 0 Å². The number of nitrogens with one attached hydrogen (secondary N) is 1. The minimum atomic E-state index is -0.432. The van der Waals surface area contributed by atoms with Gasteiger partial charge in [0.1, 0.15) is 17.1 Å². The third-order valence-electron chi connectivity index (χ3n) is 4.03. The molecule has 0 bridgehead atoms. The van der Waals surface area contributed by atoms with E-state index in [9.17, 15) is 9.59 Å². The van der Waals surface area contributed by atoms with E-state index in [-0.39, 0.29) is 29.6 Å². The van der Waals surface area contributed by atoms with E-state index in [4.69, 9.17) is 8.83 Å². The minimum absolute atomic E-state index is 0. The standard InChI is InChI=1S/C19H20N2O4.ClH/c1-12-8-9-17(24-12)14(21(2)3)11-20-19(23)18-10-15(22)13-6-4-5-7-16(13)25-18;/h4-10,14H,11H2,1-3H3,(H,20,23);1H. The largest absolute Gasteiger partial charge is 0.465 e. The number of benzene rings is 1. The van der Waals surface area contributed by atoms with E-state index in [0.29, 0.717) is 17.5 Å². The molecule has 2 heterocycles. The van der Waals surface area contributed by atoms with Crippen LogP contribution in [0.15, 0.2) is 56.1 Å². The van der Waals surface area contributed by atoms with Crippen molar-refractivity contribution in [3.63, 3.8) is 0 Å². The number of furan rings is 1. The third-order valence-corrected chi connectivity index (χ3v) is 4.03. The molecular formula is C19H21ClN2O4. The molecular weight excluding hydrogens is 356 g/mol. The number of hydrogen-bond donors (Lipinski definition) is 1. The number of carbonyl (C=O) groups excluding carboxylic acids is 1. The van der Waals surface area contributed by atoms with Crippen LogP contribution in [0.4, 0.5) is 0 Å². The average Bonchev–Trinajstić information content (AvgIpc) is 3.00. The fraction of sp³-hybridized carbons (Fsp3) is 0.263. The van der Waals surface area contributed by atoms with Crippen LogP contribution in [0.3, 0.4) is 0 Å². The number of aryl methyl sites for hydroxylation is 1. The molecule has 3 aromatic rings. The number of halogens is 1. The summed E-state index contributed by atoms with van der Waals surface area (Å²) in [5.41, 5.74) is 0.156. The SMILES string of the molecule is Cc1ccc(C(CNC(=O)c2cc(=O)c3ccccc3o2)N(C)C)o1.Cl. The lowest BCUT2D eigenvalue weighted by Crippen LogP contribution is -2.34. The van der Waals surface area contributed by atoms with Crippen molar-refractivity contribution in [2.45, 2.75) is 13.0 Å². The first-order chi connectivity index (χ1) is 12.0. The summed E-state index contributed by atoms with van der Waals surface area (Å²) in [6.45, 7) is 2.20. The fourth-order valence-corrected chi connectivity index (χ4v) is 2.66. The van der Waals surface area contributed by atoms with E-state index in [1.807, 2.05) is 38.1 Å². The molecule has 3 rings (SSSR count). The Balaban J connectivity index is 0.00000243. The van der Waals surface area contributed by atoms with Crippen molar-refractivity contribution in [2.24, 2.45) is 0 Å². The van der Waals surface area contributed by atoms with E-state index < -0.39 is 5.91 Å². The molecule has 1 N–H and O–H groups in total. The Hall–Kier alpha value is -2.57. The van der Waals surface area contributed by atoms with Crippen LogP contribution in [0.2, 0.25) is 0 Å². The zero-order chi connectivity index (χ0) is 18.0. The van der Waals surface area contributed by atoms with Crippen molar-refractivity contribution in [1.29, 1.82) is 0 Å². The molecule has 0 aliphatic rings. The van der Waals surface area contributed by atoms with Gasteiger partial charge in [-0.15, -0.1) is 12.4 Å². The highest BCUT2D eigenvalue weighted by Gasteiger charge is 2.20. The summed E-state index contributed by atoms with van der Waals surface area (Å²) < 4.78 is 11.2. The van der Waals surface area contributed by atoms with Gasteiger partial charge < -0.3 is 14.2 Å². The van der Waals surface area contributed by atoms with Crippen LogP contribution >= 0.6 is 12.4 Å². The molecule has 0 saturated carbocycles. The maximum absolute atomic E-state index is 12.4.